The van der Waals surface area contributed by atoms with Gasteiger partial charge in [-0.25, -0.2) is 0 Å². The van der Waals surface area contributed by atoms with Gasteiger partial charge in [-0.05, 0) is 18.2 Å². The van der Waals surface area contributed by atoms with Gasteiger partial charge in [-0.15, -0.1) is 0 Å². The van der Waals surface area contributed by atoms with Crippen molar-refractivity contribution in [2.75, 3.05) is 6.54 Å². The van der Waals surface area contributed by atoms with Gasteiger partial charge in [0.15, 0.2) is 0 Å². The van der Waals surface area contributed by atoms with Gasteiger partial charge >= 0.3 is 0 Å². The topological polar surface area (TPSA) is 52.9 Å². The Kier molecular flexibility index (Phi) is 4.79. The average Bonchev–Trinajstić information content (AvgIpc) is 2.16. The van der Waals surface area contributed by atoms with Crippen LogP contribution in [-0.2, 0) is 0 Å². The van der Waals surface area contributed by atoms with Crippen LogP contribution in [0.3, 0.4) is 0 Å². The van der Waals surface area contributed by atoms with Crippen LogP contribution in [0.5, 0.6) is 0 Å². The van der Waals surface area contributed by atoms with Crippen LogP contribution in [-0.4, -0.2) is 12.5 Å². The molecule has 1 rings (SSSR count). The lowest BCUT2D eigenvalue weighted by Gasteiger charge is -2.04. The molecule has 1 amide bonds. The Morgan fingerprint density at radius 1 is 1.33 bits per heavy atom. The number of nitrogens with zero attached hydrogens (tertiary/aromatic N) is 1. The first-order valence-electron chi connectivity index (χ1n) is 4.24. The molecular weight excluding hydrogens is 324 g/mol. The summed E-state index contributed by atoms with van der Waals surface area (Å²) in [6.45, 7) is 0.374. The number of carbonyl (C=O) groups is 1. The molecule has 15 heavy (non-hydrogen) atoms. The van der Waals surface area contributed by atoms with Crippen LogP contribution in [0.15, 0.2) is 27.1 Å². The SMILES string of the molecule is N#CCCNC(=O)c1cc(Br)cc(Br)c1. The predicted molar refractivity (Wildman–Crippen MR) is 64.4 cm³/mol. The number of hydrogen-bond donors (Lipinski definition) is 1. The summed E-state index contributed by atoms with van der Waals surface area (Å²) in [5, 5.41) is 11.0. The van der Waals surface area contributed by atoms with Gasteiger partial charge < -0.3 is 5.32 Å². The minimum atomic E-state index is -0.174. The van der Waals surface area contributed by atoms with Crippen LogP contribution in [0.25, 0.3) is 0 Å². The van der Waals surface area contributed by atoms with Crippen molar-refractivity contribution >= 4 is 37.8 Å². The fraction of sp³-hybridized carbons (Fsp3) is 0.200. The first-order chi connectivity index (χ1) is 7.13. The van der Waals surface area contributed by atoms with Crippen LogP contribution in [0.4, 0.5) is 0 Å². The van der Waals surface area contributed by atoms with Gasteiger partial charge in [0.25, 0.3) is 5.91 Å². The molecule has 0 unspecified atom stereocenters. The quantitative estimate of drug-likeness (QED) is 0.866. The fourth-order valence-corrected chi connectivity index (χ4v) is 2.31. The Hall–Kier alpha value is -0.860. The summed E-state index contributed by atoms with van der Waals surface area (Å²) in [5.74, 6) is -0.174. The highest BCUT2D eigenvalue weighted by Crippen LogP contribution is 2.19. The standard InChI is InChI=1S/C10H8Br2N2O/c11-8-4-7(5-9(12)6-8)10(15)14-3-1-2-13/h4-6H,1,3H2,(H,14,15). The summed E-state index contributed by atoms with van der Waals surface area (Å²) in [7, 11) is 0. The maximum Gasteiger partial charge on any atom is 0.251 e. The summed E-state index contributed by atoms with van der Waals surface area (Å²) in [5.41, 5.74) is 0.564. The lowest BCUT2D eigenvalue weighted by molar-refractivity contribution is 0.0954. The predicted octanol–water partition coefficient (Wildman–Crippen LogP) is 2.86. The number of amides is 1. The molecule has 0 bridgehead atoms. The maximum absolute atomic E-state index is 11.6. The van der Waals surface area contributed by atoms with E-state index in [0.29, 0.717) is 18.5 Å². The maximum atomic E-state index is 11.6. The summed E-state index contributed by atoms with van der Waals surface area (Å²) in [4.78, 5) is 11.6. The molecule has 0 saturated heterocycles. The first-order valence-corrected chi connectivity index (χ1v) is 5.83. The number of nitriles is 1. The van der Waals surface area contributed by atoms with E-state index >= 15 is 0 Å². The monoisotopic (exact) mass is 330 g/mol. The molecule has 3 nitrogen and oxygen atoms in total. The summed E-state index contributed by atoms with van der Waals surface area (Å²) < 4.78 is 1.67. The van der Waals surface area contributed by atoms with Crippen LogP contribution >= 0.6 is 31.9 Å². The van der Waals surface area contributed by atoms with E-state index in [4.69, 9.17) is 5.26 Å². The highest BCUT2D eigenvalue weighted by atomic mass is 79.9. The van der Waals surface area contributed by atoms with Crippen LogP contribution in [0, 0.1) is 11.3 Å². The second kappa shape index (κ2) is 5.89. The third kappa shape index (κ3) is 4.02. The van der Waals surface area contributed by atoms with Crippen molar-refractivity contribution in [2.24, 2.45) is 0 Å². The van der Waals surface area contributed by atoms with Crippen LogP contribution < -0.4 is 5.32 Å². The second-order valence-electron chi connectivity index (χ2n) is 2.82. The molecule has 1 N–H and O–H groups in total. The largest absolute Gasteiger partial charge is 0.351 e. The molecule has 5 heteroatoms. The lowest BCUT2D eigenvalue weighted by Crippen LogP contribution is -2.24. The number of carbonyl (C=O) groups excluding carboxylic acids is 1. The van der Waals surface area contributed by atoms with Gasteiger partial charge in [0.05, 0.1) is 12.5 Å². The molecule has 78 valence electrons. The molecule has 0 heterocycles. The van der Waals surface area contributed by atoms with E-state index in [1.165, 1.54) is 0 Å². The van der Waals surface area contributed by atoms with Gasteiger partial charge in [0.1, 0.15) is 0 Å². The zero-order valence-corrected chi connectivity index (χ0v) is 10.9. The highest BCUT2D eigenvalue weighted by molar-refractivity contribution is 9.11. The lowest BCUT2D eigenvalue weighted by atomic mass is 10.2. The van der Waals surface area contributed by atoms with Crippen molar-refractivity contribution < 1.29 is 4.79 Å². The molecule has 0 radical (unpaired) electrons. The molecule has 0 fully saturated rings. The molecule has 0 aliphatic rings. The van der Waals surface area contributed by atoms with Crippen LogP contribution in [0.2, 0.25) is 0 Å². The molecule has 0 atom stereocenters. The number of benzene rings is 1. The van der Waals surface area contributed by atoms with Crippen molar-refractivity contribution in [1.82, 2.24) is 5.32 Å². The molecule has 0 aliphatic carbocycles. The fourth-order valence-electron chi connectivity index (χ4n) is 1.02. The van der Waals surface area contributed by atoms with Crippen molar-refractivity contribution in [3.8, 4) is 6.07 Å². The molecule has 1 aromatic carbocycles. The van der Waals surface area contributed by atoms with E-state index in [1.807, 2.05) is 12.1 Å². The van der Waals surface area contributed by atoms with Crippen molar-refractivity contribution in [3.05, 3.63) is 32.7 Å². The summed E-state index contributed by atoms with van der Waals surface area (Å²) in [6, 6.07) is 7.27. The minimum Gasteiger partial charge on any atom is -0.351 e. The second-order valence-corrected chi connectivity index (χ2v) is 4.65. The Morgan fingerprint density at radius 2 is 1.93 bits per heavy atom. The summed E-state index contributed by atoms with van der Waals surface area (Å²) in [6.07, 6.45) is 0.320. The molecular formula is C10H8Br2N2O. The minimum absolute atomic E-state index is 0.174. The Bertz CT molecular complexity index is 392. The van der Waals surface area contributed by atoms with E-state index in [9.17, 15) is 4.79 Å². The molecule has 0 spiro atoms. The number of halogens is 2. The van der Waals surface area contributed by atoms with Gasteiger partial charge in [0.2, 0.25) is 0 Å². The van der Waals surface area contributed by atoms with Gasteiger partial charge in [-0.2, -0.15) is 5.26 Å². The van der Waals surface area contributed by atoms with Crippen LogP contribution in [0.1, 0.15) is 16.8 Å². The van der Waals surface area contributed by atoms with Gasteiger partial charge in [-0.3, -0.25) is 4.79 Å². The molecule has 0 aliphatic heterocycles. The van der Waals surface area contributed by atoms with E-state index in [2.05, 4.69) is 37.2 Å². The van der Waals surface area contributed by atoms with Crippen molar-refractivity contribution in [2.45, 2.75) is 6.42 Å². The Morgan fingerprint density at radius 3 is 2.47 bits per heavy atom. The zero-order chi connectivity index (χ0) is 11.3. The van der Waals surface area contributed by atoms with E-state index in [1.54, 1.807) is 12.1 Å². The number of rotatable bonds is 3. The molecule has 0 aromatic heterocycles. The number of hydrogen-bond acceptors (Lipinski definition) is 2. The average molecular weight is 332 g/mol. The normalized spacial score (nSPS) is 9.40. The zero-order valence-electron chi connectivity index (χ0n) is 7.76. The van der Waals surface area contributed by atoms with E-state index < -0.39 is 0 Å². The summed E-state index contributed by atoms with van der Waals surface area (Å²) >= 11 is 6.60. The number of nitrogens with one attached hydrogen (secondary N) is 1. The third-order valence-electron chi connectivity index (χ3n) is 1.65. The van der Waals surface area contributed by atoms with Gasteiger partial charge in [-0.1, -0.05) is 31.9 Å². The van der Waals surface area contributed by atoms with Gasteiger partial charge in [0, 0.05) is 21.1 Å². The molecule has 0 saturated carbocycles. The Balaban J connectivity index is 2.70. The van der Waals surface area contributed by atoms with Crippen molar-refractivity contribution in [3.63, 3.8) is 0 Å². The smallest absolute Gasteiger partial charge is 0.251 e. The van der Waals surface area contributed by atoms with Crippen molar-refractivity contribution in [1.29, 1.82) is 5.26 Å². The first kappa shape index (κ1) is 12.2. The third-order valence-corrected chi connectivity index (χ3v) is 2.56. The van der Waals surface area contributed by atoms with E-state index in [-0.39, 0.29) is 5.91 Å². The highest BCUT2D eigenvalue weighted by Gasteiger charge is 2.06. The molecule has 1 aromatic rings. The van der Waals surface area contributed by atoms with E-state index in [0.717, 1.165) is 8.95 Å². The Labute approximate surface area is 105 Å².